The summed E-state index contributed by atoms with van der Waals surface area (Å²) >= 11 is 11.1. The molecule has 0 saturated heterocycles. The standard InChI is InChI=1S/C13H14ClN3OS/c1-3-7-17-12(15-16-13(17)19)9(2)18-11-6-4-5-10(14)8-11/h3-6,8-9H,1,7H2,2H3,(H,16,19)/t9-/m0/s1. The highest BCUT2D eigenvalue weighted by Gasteiger charge is 2.15. The molecule has 1 heterocycles. The molecule has 1 atom stereocenters. The second kappa shape index (κ2) is 6.04. The smallest absolute Gasteiger partial charge is 0.195 e. The number of H-pyrrole nitrogens is 1. The van der Waals surface area contributed by atoms with Gasteiger partial charge in [0, 0.05) is 11.6 Å². The van der Waals surface area contributed by atoms with E-state index in [2.05, 4.69) is 16.8 Å². The minimum atomic E-state index is -0.244. The SMILES string of the molecule is C=CCn1c([C@H](C)Oc2cccc(Cl)c2)n[nH]c1=S. The van der Waals surface area contributed by atoms with Crippen molar-refractivity contribution in [2.24, 2.45) is 0 Å². The molecule has 100 valence electrons. The second-order valence-electron chi connectivity index (χ2n) is 4.00. The van der Waals surface area contributed by atoms with Crippen LogP contribution < -0.4 is 4.74 Å². The van der Waals surface area contributed by atoms with Crippen molar-refractivity contribution < 1.29 is 4.74 Å². The van der Waals surface area contributed by atoms with Gasteiger partial charge in [-0.3, -0.25) is 9.67 Å². The largest absolute Gasteiger partial charge is 0.483 e. The number of nitrogens with one attached hydrogen (secondary N) is 1. The minimum absolute atomic E-state index is 0.244. The molecule has 0 unspecified atom stereocenters. The predicted molar refractivity (Wildman–Crippen MR) is 78.1 cm³/mol. The first-order valence-corrected chi connectivity index (χ1v) is 6.58. The van der Waals surface area contributed by atoms with Crippen LogP contribution in [0.2, 0.25) is 5.02 Å². The van der Waals surface area contributed by atoms with Crippen molar-refractivity contribution in [2.75, 3.05) is 0 Å². The number of halogens is 1. The maximum absolute atomic E-state index is 5.92. The summed E-state index contributed by atoms with van der Waals surface area (Å²) in [5.74, 6) is 1.42. The monoisotopic (exact) mass is 295 g/mol. The van der Waals surface area contributed by atoms with Crippen molar-refractivity contribution in [1.82, 2.24) is 14.8 Å². The zero-order chi connectivity index (χ0) is 13.8. The van der Waals surface area contributed by atoms with Gasteiger partial charge in [-0.25, -0.2) is 0 Å². The van der Waals surface area contributed by atoms with Crippen molar-refractivity contribution in [3.63, 3.8) is 0 Å². The first kappa shape index (κ1) is 13.8. The number of aromatic nitrogens is 3. The molecule has 2 aromatic rings. The van der Waals surface area contributed by atoms with Crippen molar-refractivity contribution in [1.29, 1.82) is 0 Å². The van der Waals surface area contributed by atoms with Gasteiger partial charge in [-0.1, -0.05) is 23.7 Å². The van der Waals surface area contributed by atoms with Gasteiger partial charge in [0.25, 0.3) is 0 Å². The van der Waals surface area contributed by atoms with E-state index in [9.17, 15) is 0 Å². The van der Waals surface area contributed by atoms with Crippen LogP contribution in [0.25, 0.3) is 0 Å². The van der Waals surface area contributed by atoms with Crippen LogP contribution >= 0.6 is 23.8 Å². The number of rotatable bonds is 5. The molecule has 6 heteroatoms. The lowest BCUT2D eigenvalue weighted by atomic mass is 10.3. The molecule has 0 spiro atoms. The van der Waals surface area contributed by atoms with Gasteiger partial charge in [0.05, 0.1) is 0 Å². The third kappa shape index (κ3) is 3.24. The highest BCUT2D eigenvalue weighted by atomic mass is 35.5. The maximum atomic E-state index is 5.92. The summed E-state index contributed by atoms with van der Waals surface area (Å²) in [5.41, 5.74) is 0. The zero-order valence-electron chi connectivity index (χ0n) is 10.5. The third-order valence-electron chi connectivity index (χ3n) is 2.57. The summed E-state index contributed by atoms with van der Waals surface area (Å²) in [4.78, 5) is 0. The molecule has 0 aliphatic carbocycles. The molecule has 0 fully saturated rings. The Morgan fingerprint density at radius 1 is 1.63 bits per heavy atom. The average molecular weight is 296 g/mol. The quantitative estimate of drug-likeness (QED) is 0.671. The molecule has 4 nitrogen and oxygen atoms in total. The number of hydrogen-bond donors (Lipinski definition) is 1. The Hall–Kier alpha value is -1.59. The Morgan fingerprint density at radius 3 is 3.11 bits per heavy atom. The zero-order valence-corrected chi connectivity index (χ0v) is 12.0. The number of benzene rings is 1. The normalized spacial score (nSPS) is 12.1. The Kier molecular flexibility index (Phi) is 4.39. The van der Waals surface area contributed by atoms with Gasteiger partial charge in [-0.15, -0.1) is 6.58 Å². The van der Waals surface area contributed by atoms with Crippen LogP contribution in [0.15, 0.2) is 36.9 Å². The fourth-order valence-electron chi connectivity index (χ4n) is 1.74. The Labute approximate surface area is 121 Å². The second-order valence-corrected chi connectivity index (χ2v) is 4.83. The van der Waals surface area contributed by atoms with Gasteiger partial charge < -0.3 is 4.74 Å². The molecule has 0 radical (unpaired) electrons. The summed E-state index contributed by atoms with van der Waals surface area (Å²) in [6, 6.07) is 7.25. The fraction of sp³-hybridized carbons (Fsp3) is 0.231. The first-order valence-electron chi connectivity index (χ1n) is 5.80. The summed E-state index contributed by atoms with van der Waals surface area (Å²) in [7, 11) is 0. The molecule has 0 bridgehead atoms. The van der Waals surface area contributed by atoms with Crippen LogP contribution in [-0.4, -0.2) is 14.8 Å². The van der Waals surface area contributed by atoms with Crippen molar-refractivity contribution in [3.05, 3.63) is 52.5 Å². The van der Waals surface area contributed by atoms with Gasteiger partial charge in [0.2, 0.25) is 0 Å². The third-order valence-corrected chi connectivity index (χ3v) is 3.12. The summed E-state index contributed by atoms with van der Waals surface area (Å²) in [6.45, 7) is 6.21. The molecule has 0 aliphatic rings. The van der Waals surface area contributed by atoms with Gasteiger partial charge in [-0.05, 0) is 37.3 Å². The topological polar surface area (TPSA) is 42.8 Å². The van der Waals surface area contributed by atoms with Crippen LogP contribution in [0.4, 0.5) is 0 Å². The highest BCUT2D eigenvalue weighted by molar-refractivity contribution is 7.71. The lowest BCUT2D eigenvalue weighted by Gasteiger charge is -2.14. The molecule has 0 aliphatic heterocycles. The minimum Gasteiger partial charge on any atom is -0.483 e. The van der Waals surface area contributed by atoms with Gasteiger partial charge in [0.1, 0.15) is 5.75 Å². The van der Waals surface area contributed by atoms with E-state index in [-0.39, 0.29) is 6.10 Å². The van der Waals surface area contributed by atoms with E-state index in [1.54, 1.807) is 18.2 Å². The van der Waals surface area contributed by atoms with E-state index in [1.165, 1.54) is 0 Å². The van der Waals surface area contributed by atoms with Crippen molar-refractivity contribution in [3.8, 4) is 5.75 Å². The molecular formula is C13H14ClN3OS. The molecule has 2 rings (SSSR count). The summed E-state index contributed by atoms with van der Waals surface area (Å²) in [6.07, 6.45) is 1.52. The fourth-order valence-corrected chi connectivity index (χ4v) is 2.14. The number of allylic oxidation sites excluding steroid dienone is 1. The van der Waals surface area contributed by atoms with E-state index in [4.69, 9.17) is 28.6 Å². The lowest BCUT2D eigenvalue weighted by Crippen LogP contribution is -2.11. The molecular weight excluding hydrogens is 282 g/mol. The average Bonchev–Trinajstić information content (AvgIpc) is 2.72. The first-order chi connectivity index (χ1) is 9.11. The highest BCUT2D eigenvalue weighted by Crippen LogP contribution is 2.23. The molecule has 1 aromatic carbocycles. The lowest BCUT2D eigenvalue weighted by molar-refractivity contribution is 0.211. The van der Waals surface area contributed by atoms with Crippen LogP contribution in [0.3, 0.4) is 0 Å². The molecule has 1 N–H and O–H groups in total. The van der Waals surface area contributed by atoms with Gasteiger partial charge >= 0.3 is 0 Å². The van der Waals surface area contributed by atoms with E-state index in [0.717, 1.165) is 5.82 Å². The Bertz CT molecular complexity index is 635. The number of nitrogens with zero attached hydrogens (tertiary/aromatic N) is 2. The van der Waals surface area contributed by atoms with Crippen molar-refractivity contribution >= 4 is 23.8 Å². The van der Waals surface area contributed by atoms with Crippen LogP contribution in [0, 0.1) is 4.77 Å². The summed E-state index contributed by atoms with van der Waals surface area (Å²) in [5, 5.41) is 7.59. The van der Waals surface area contributed by atoms with Crippen molar-refractivity contribution in [2.45, 2.75) is 19.6 Å². The number of hydrogen-bond acceptors (Lipinski definition) is 3. The van der Waals surface area contributed by atoms with Gasteiger partial charge in [0.15, 0.2) is 16.7 Å². The maximum Gasteiger partial charge on any atom is 0.195 e. The van der Waals surface area contributed by atoms with E-state index < -0.39 is 0 Å². The van der Waals surface area contributed by atoms with E-state index >= 15 is 0 Å². The van der Waals surface area contributed by atoms with E-state index in [1.807, 2.05) is 23.6 Å². The van der Waals surface area contributed by atoms with Gasteiger partial charge in [-0.2, -0.15) is 5.10 Å². The molecule has 1 aromatic heterocycles. The number of aromatic amines is 1. The van der Waals surface area contributed by atoms with Crippen LogP contribution in [0.1, 0.15) is 18.9 Å². The Morgan fingerprint density at radius 2 is 2.42 bits per heavy atom. The Balaban J connectivity index is 2.22. The molecule has 19 heavy (non-hydrogen) atoms. The molecule has 0 saturated carbocycles. The number of ether oxygens (including phenoxy) is 1. The van der Waals surface area contributed by atoms with E-state index in [0.29, 0.717) is 22.1 Å². The van der Waals surface area contributed by atoms with Crippen LogP contribution in [-0.2, 0) is 6.54 Å². The molecule has 0 amide bonds. The summed E-state index contributed by atoms with van der Waals surface area (Å²) < 4.78 is 8.21. The predicted octanol–water partition coefficient (Wildman–Crippen LogP) is 3.92. The van der Waals surface area contributed by atoms with Crippen LogP contribution in [0.5, 0.6) is 5.75 Å².